The number of nitrogens with zero attached hydrogens (tertiary/aromatic N) is 2. The Kier molecular flexibility index (Phi) is 4.86. The summed E-state index contributed by atoms with van der Waals surface area (Å²) in [5.41, 5.74) is -0.156. The van der Waals surface area contributed by atoms with Crippen molar-refractivity contribution in [3.63, 3.8) is 0 Å². The Bertz CT molecular complexity index is 1010. The van der Waals surface area contributed by atoms with Crippen molar-refractivity contribution in [2.24, 2.45) is 0 Å². The van der Waals surface area contributed by atoms with Crippen molar-refractivity contribution < 1.29 is 33.9 Å². The molecule has 1 aliphatic rings. The van der Waals surface area contributed by atoms with E-state index in [1.54, 1.807) is 0 Å². The number of non-ortho nitro benzene ring substituents is 1. The van der Waals surface area contributed by atoms with E-state index in [2.05, 4.69) is 0 Å². The number of ether oxygens (including phenoxy) is 1. The minimum absolute atomic E-state index is 0.0217. The largest absolute Gasteiger partial charge is 0.478 e. The van der Waals surface area contributed by atoms with Gasteiger partial charge in [0.15, 0.2) is 0 Å². The summed E-state index contributed by atoms with van der Waals surface area (Å²) in [6.07, 6.45) is 0. The summed E-state index contributed by atoms with van der Waals surface area (Å²) >= 11 is 0. The van der Waals surface area contributed by atoms with Crippen molar-refractivity contribution >= 4 is 29.4 Å². The Balaban J connectivity index is 1.62. The lowest BCUT2D eigenvalue weighted by molar-refractivity contribution is -0.384. The second-order valence-electron chi connectivity index (χ2n) is 5.77. The number of hydrogen-bond donors (Lipinski definition) is 1. The number of amides is 2. The van der Waals surface area contributed by atoms with E-state index in [1.807, 2.05) is 0 Å². The zero-order chi connectivity index (χ0) is 20.4. The van der Waals surface area contributed by atoms with Gasteiger partial charge in [-0.15, -0.1) is 0 Å². The number of carbonyl (C=O) groups is 4. The number of imide groups is 1. The molecule has 2 aromatic rings. The minimum atomic E-state index is -1.22. The summed E-state index contributed by atoms with van der Waals surface area (Å²) in [4.78, 5) is 58.4. The second-order valence-corrected chi connectivity index (χ2v) is 5.77. The molecule has 2 aromatic carbocycles. The van der Waals surface area contributed by atoms with Crippen LogP contribution in [0.3, 0.4) is 0 Å². The Morgan fingerprint density at radius 3 is 2.21 bits per heavy atom. The first kappa shape index (κ1) is 18.7. The number of benzene rings is 2. The monoisotopic (exact) mass is 384 g/mol. The van der Waals surface area contributed by atoms with E-state index >= 15 is 0 Å². The number of nitro benzene ring substituents is 1. The van der Waals surface area contributed by atoms with Crippen LogP contribution in [0.2, 0.25) is 0 Å². The van der Waals surface area contributed by atoms with Gasteiger partial charge in [0.25, 0.3) is 17.5 Å². The molecule has 2 amide bonds. The van der Waals surface area contributed by atoms with Crippen molar-refractivity contribution in [2.75, 3.05) is 13.2 Å². The van der Waals surface area contributed by atoms with Crippen LogP contribution >= 0.6 is 0 Å². The fourth-order valence-electron chi connectivity index (χ4n) is 2.66. The molecule has 0 bridgehead atoms. The van der Waals surface area contributed by atoms with Crippen LogP contribution in [-0.4, -0.2) is 51.8 Å². The number of carboxylic acids is 1. The van der Waals surface area contributed by atoms with Crippen LogP contribution in [0.5, 0.6) is 0 Å². The molecule has 0 spiro atoms. The van der Waals surface area contributed by atoms with E-state index in [0.29, 0.717) is 0 Å². The third kappa shape index (κ3) is 3.43. The standard InChI is InChI=1S/C18H12N2O8/c21-15-13-6-3-11(17(23)24)9-14(13)16(22)19(15)7-8-28-18(25)10-1-4-12(5-2-10)20(26)27/h1-6,9H,7-8H2,(H,23,24). The Labute approximate surface area is 157 Å². The summed E-state index contributed by atoms with van der Waals surface area (Å²) in [6, 6.07) is 8.39. The third-order valence-electron chi connectivity index (χ3n) is 4.08. The zero-order valence-corrected chi connectivity index (χ0v) is 14.2. The first-order valence-corrected chi connectivity index (χ1v) is 7.94. The van der Waals surface area contributed by atoms with Crippen molar-refractivity contribution in [2.45, 2.75) is 0 Å². The van der Waals surface area contributed by atoms with Gasteiger partial charge >= 0.3 is 11.9 Å². The fourth-order valence-corrected chi connectivity index (χ4v) is 2.66. The molecule has 0 saturated carbocycles. The van der Waals surface area contributed by atoms with E-state index in [-0.39, 0.29) is 41.1 Å². The van der Waals surface area contributed by atoms with Gasteiger partial charge in [-0.1, -0.05) is 0 Å². The van der Waals surface area contributed by atoms with Gasteiger partial charge < -0.3 is 9.84 Å². The highest BCUT2D eigenvalue weighted by molar-refractivity contribution is 6.21. The predicted molar refractivity (Wildman–Crippen MR) is 92.1 cm³/mol. The Hall–Kier alpha value is -4.08. The number of fused-ring (bicyclic) bond motifs is 1. The van der Waals surface area contributed by atoms with E-state index in [9.17, 15) is 29.3 Å². The highest BCUT2D eigenvalue weighted by Gasteiger charge is 2.36. The van der Waals surface area contributed by atoms with Gasteiger partial charge in [0.2, 0.25) is 0 Å². The highest BCUT2D eigenvalue weighted by atomic mass is 16.6. The molecule has 3 rings (SSSR count). The summed E-state index contributed by atoms with van der Waals surface area (Å²) < 4.78 is 5.00. The van der Waals surface area contributed by atoms with Gasteiger partial charge in [0.1, 0.15) is 6.61 Å². The topological polar surface area (TPSA) is 144 Å². The molecule has 142 valence electrons. The molecular formula is C18H12N2O8. The molecule has 10 nitrogen and oxygen atoms in total. The highest BCUT2D eigenvalue weighted by Crippen LogP contribution is 2.24. The van der Waals surface area contributed by atoms with Crippen LogP contribution in [0.1, 0.15) is 41.4 Å². The molecule has 0 unspecified atom stereocenters. The molecule has 1 heterocycles. The van der Waals surface area contributed by atoms with Crippen LogP contribution in [0.15, 0.2) is 42.5 Å². The van der Waals surface area contributed by atoms with Crippen LogP contribution < -0.4 is 0 Å². The van der Waals surface area contributed by atoms with E-state index in [4.69, 9.17) is 9.84 Å². The maximum Gasteiger partial charge on any atom is 0.338 e. The first-order valence-electron chi connectivity index (χ1n) is 7.94. The summed E-state index contributed by atoms with van der Waals surface area (Å²) in [6.45, 7) is -0.499. The quantitative estimate of drug-likeness (QED) is 0.343. The molecule has 1 aliphatic heterocycles. The average Bonchev–Trinajstić information content (AvgIpc) is 2.92. The SMILES string of the molecule is O=C(O)c1ccc2c(c1)C(=O)N(CCOC(=O)c1ccc([N+](=O)[O-])cc1)C2=O. The maximum absolute atomic E-state index is 12.3. The molecule has 28 heavy (non-hydrogen) atoms. The number of nitro groups is 1. The lowest BCUT2D eigenvalue weighted by Gasteiger charge is -2.13. The molecule has 10 heteroatoms. The lowest BCUT2D eigenvalue weighted by atomic mass is 10.1. The van der Waals surface area contributed by atoms with Crippen LogP contribution in [0.4, 0.5) is 5.69 Å². The number of rotatable bonds is 6. The normalized spacial score (nSPS) is 12.6. The number of aromatic carboxylic acids is 1. The van der Waals surface area contributed by atoms with E-state index < -0.39 is 28.7 Å². The predicted octanol–water partition coefficient (Wildman–Crippen LogP) is 1.75. The maximum atomic E-state index is 12.3. The van der Waals surface area contributed by atoms with Gasteiger partial charge in [-0.2, -0.15) is 0 Å². The average molecular weight is 384 g/mol. The Morgan fingerprint density at radius 2 is 1.61 bits per heavy atom. The molecule has 0 radical (unpaired) electrons. The van der Waals surface area contributed by atoms with Crippen molar-refractivity contribution in [3.05, 3.63) is 74.8 Å². The van der Waals surface area contributed by atoms with Crippen LogP contribution in [-0.2, 0) is 4.74 Å². The van der Waals surface area contributed by atoms with Gasteiger partial charge in [0, 0.05) is 12.1 Å². The number of carbonyl (C=O) groups excluding carboxylic acids is 3. The summed E-state index contributed by atoms with van der Waals surface area (Å²) in [5, 5.41) is 19.6. The summed E-state index contributed by atoms with van der Waals surface area (Å²) in [5.74, 6) is -3.27. The van der Waals surface area contributed by atoms with Gasteiger partial charge in [-0.25, -0.2) is 9.59 Å². The molecule has 1 N–H and O–H groups in total. The van der Waals surface area contributed by atoms with Crippen LogP contribution in [0, 0.1) is 10.1 Å². The van der Waals surface area contributed by atoms with E-state index in [0.717, 1.165) is 23.1 Å². The zero-order valence-electron chi connectivity index (χ0n) is 14.2. The smallest absolute Gasteiger partial charge is 0.338 e. The minimum Gasteiger partial charge on any atom is -0.478 e. The molecule has 0 atom stereocenters. The fraction of sp³-hybridized carbons (Fsp3) is 0.111. The van der Waals surface area contributed by atoms with Gasteiger partial charge in [-0.05, 0) is 30.3 Å². The second kappa shape index (κ2) is 7.27. The number of carboxylic acid groups (broad SMARTS) is 1. The van der Waals surface area contributed by atoms with Crippen LogP contribution in [0.25, 0.3) is 0 Å². The molecular weight excluding hydrogens is 372 g/mol. The number of hydrogen-bond acceptors (Lipinski definition) is 7. The van der Waals surface area contributed by atoms with E-state index in [1.165, 1.54) is 24.3 Å². The molecule has 0 fully saturated rings. The Morgan fingerprint density at radius 1 is 1.00 bits per heavy atom. The molecule has 0 aliphatic carbocycles. The molecule has 0 saturated heterocycles. The van der Waals surface area contributed by atoms with Crippen molar-refractivity contribution in [3.8, 4) is 0 Å². The lowest BCUT2D eigenvalue weighted by Crippen LogP contribution is -2.33. The van der Waals surface area contributed by atoms with Crippen molar-refractivity contribution in [1.82, 2.24) is 4.90 Å². The molecule has 0 aromatic heterocycles. The third-order valence-corrected chi connectivity index (χ3v) is 4.08. The van der Waals surface area contributed by atoms with Gasteiger partial charge in [0.05, 0.1) is 33.7 Å². The first-order chi connectivity index (χ1) is 13.3. The number of esters is 1. The van der Waals surface area contributed by atoms with Crippen molar-refractivity contribution in [1.29, 1.82) is 0 Å². The van der Waals surface area contributed by atoms with Gasteiger partial charge in [-0.3, -0.25) is 24.6 Å². The summed E-state index contributed by atoms with van der Waals surface area (Å²) in [7, 11) is 0.